The predicted molar refractivity (Wildman–Crippen MR) is 76.3 cm³/mol. The summed E-state index contributed by atoms with van der Waals surface area (Å²) >= 11 is 0. The standard InChI is InChI=1S/C16H32N/c1-4-5-13-17-16(12-11-14(2)3)15-9-7-6-8-10-15/h14-16H,4-13H2,1-3H3. The first-order chi connectivity index (χ1) is 8.24. The summed E-state index contributed by atoms with van der Waals surface area (Å²) < 4.78 is 0. The maximum Gasteiger partial charge on any atom is 0.0274 e. The van der Waals surface area contributed by atoms with Crippen LogP contribution in [0.25, 0.3) is 0 Å². The summed E-state index contributed by atoms with van der Waals surface area (Å²) in [5, 5.41) is 5.01. The van der Waals surface area contributed by atoms with E-state index < -0.39 is 0 Å². The van der Waals surface area contributed by atoms with E-state index in [0.29, 0.717) is 6.04 Å². The van der Waals surface area contributed by atoms with Crippen molar-refractivity contribution in [2.24, 2.45) is 11.8 Å². The molecule has 0 amide bonds. The monoisotopic (exact) mass is 238 g/mol. The highest BCUT2D eigenvalue weighted by Gasteiger charge is 2.23. The Kier molecular flexibility index (Phi) is 7.92. The molecule has 1 aliphatic carbocycles. The number of unbranched alkanes of at least 4 members (excludes halogenated alkanes) is 1. The van der Waals surface area contributed by atoms with Crippen molar-refractivity contribution in [1.82, 2.24) is 5.32 Å². The summed E-state index contributed by atoms with van der Waals surface area (Å²) in [6, 6.07) is 0.684. The Hall–Kier alpha value is -0.0400. The highest BCUT2D eigenvalue weighted by molar-refractivity contribution is 4.79. The van der Waals surface area contributed by atoms with Gasteiger partial charge in [-0.3, -0.25) is 0 Å². The topological polar surface area (TPSA) is 14.1 Å². The molecule has 1 heteroatoms. The average molecular weight is 238 g/mol. The first-order valence-electron chi connectivity index (χ1n) is 7.90. The number of nitrogens with zero attached hydrogens (tertiary/aromatic N) is 1. The van der Waals surface area contributed by atoms with Gasteiger partial charge in [-0.2, -0.15) is 0 Å². The van der Waals surface area contributed by atoms with Crippen LogP contribution in [0.15, 0.2) is 0 Å². The smallest absolute Gasteiger partial charge is 0.0274 e. The van der Waals surface area contributed by atoms with E-state index in [4.69, 9.17) is 5.32 Å². The zero-order chi connectivity index (χ0) is 12.5. The van der Waals surface area contributed by atoms with Gasteiger partial charge in [-0.1, -0.05) is 46.5 Å². The third-order valence-electron chi connectivity index (χ3n) is 4.11. The molecule has 0 aromatic heterocycles. The molecule has 0 heterocycles. The van der Waals surface area contributed by atoms with Crippen LogP contribution < -0.4 is 5.32 Å². The lowest BCUT2D eigenvalue weighted by Gasteiger charge is -2.30. The molecule has 1 radical (unpaired) electrons. The van der Waals surface area contributed by atoms with Crippen molar-refractivity contribution in [1.29, 1.82) is 0 Å². The third kappa shape index (κ3) is 6.45. The van der Waals surface area contributed by atoms with Gasteiger partial charge in [0.15, 0.2) is 0 Å². The highest BCUT2D eigenvalue weighted by Crippen LogP contribution is 2.29. The van der Waals surface area contributed by atoms with Crippen LogP contribution in [0.5, 0.6) is 0 Å². The highest BCUT2D eigenvalue weighted by atomic mass is 14.9. The second kappa shape index (κ2) is 8.97. The second-order valence-electron chi connectivity index (χ2n) is 6.20. The lowest BCUT2D eigenvalue weighted by atomic mass is 9.81. The van der Waals surface area contributed by atoms with E-state index in [2.05, 4.69) is 20.8 Å². The minimum Gasteiger partial charge on any atom is -0.238 e. The Bertz CT molecular complexity index is 170. The molecule has 1 saturated carbocycles. The van der Waals surface area contributed by atoms with Crippen molar-refractivity contribution in [3.8, 4) is 0 Å². The van der Waals surface area contributed by atoms with Crippen molar-refractivity contribution in [2.75, 3.05) is 6.54 Å². The second-order valence-corrected chi connectivity index (χ2v) is 6.20. The predicted octanol–water partition coefficient (Wildman–Crippen LogP) is 4.78. The molecule has 1 fully saturated rings. The van der Waals surface area contributed by atoms with Gasteiger partial charge in [-0.25, -0.2) is 5.32 Å². The van der Waals surface area contributed by atoms with Gasteiger partial charge in [0, 0.05) is 12.6 Å². The molecule has 1 nitrogen and oxygen atoms in total. The van der Waals surface area contributed by atoms with E-state index in [-0.39, 0.29) is 0 Å². The molecule has 0 bridgehead atoms. The molecule has 101 valence electrons. The van der Waals surface area contributed by atoms with Crippen LogP contribution >= 0.6 is 0 Å². The van der Waals surface area contributed by atoms with Crippen molar-refractivity contribution in [3.05, 3.63) is 0 Å². The third-order valence-corrected chi connectivity index (χ3v) is 4.11. The van der Waals surface area contributed by atoms with Gasteiger partial charge in [-0.15, -0.1) is 0 Å². The molecule has 0 saturated heterocycles. The first-order valence-corrected chi connectivity index (χ1v) is 7.90. The molecular weight excluding hydrogens is 206 g/mol. The van der Waals surface area contributed by atoms with Gasteiger partial charge in [0.25, 0.3) is 0 Å². The van der Waals surface area contributed by atoms with Crippen LogP contribution in [-0.2, 0) is 0 Å². The molecule has 1 rings (SSSR count). The molecule has 0 aliphatic heterocycles. The summed E-state index contributed by atoms with van der Waals surface area (Å²) in [4.78, 5) is 0. The normalized spacial score (nSPS) is 19.8. The fourth-order valence-electron chi connectivity index (χ4n) is 2.91. The summed E-state index contributed by atoms with van der Waals surface area (Å²) in [6.07, 6.45) is 12.5. The molecule has 17 heavy (non-hydrogen) atoms. The molecule has 1 unspecified atom stereocenters. The van der Waals surface area contributed by atoms with E-state index in [1.165, 1.54) is 57.8 Å². The average Bonchev–Trinajstić information content (AvgIpc) is 2.34. The van der Waals surface area contributed by atoms with Gasteiger partial charge in [0.2, 0.25) is 0 Å². The molecule has 0 spiro atoms. The van der Waals surface area contributed by atoms with Gasteiger partial charge in [-0.05, 0) is 43.9 Å². The summed E-state index contributed by atoms with van der Waals surface area (Å²) in [5.74, 6) is 1.75. The van der Waals surface area contributed by atoms with Crippen LogP contribution in [-0.4, -0.2) is 12.6 Å². The minimum atomic E-state index is 0.684. The first kappa shape index (κ1) is 15.0. The minimum absolute atomic E-state index is 0.684. The van der Waals surface area contributed by atoms with E-state index in [1.807, 2.05) is 0 Å². The van der Waals surface area contributed by atoms with E-state index in [1.54, 1.807) is 0 Å². The lowest BCUT2D eigenvalue weighted by Crippen LogP contribution is -2.33. The molecule has 0 aromatic carbocycles. The fourth-order valence-corrected chi connectivity index (χ4v) is 2.91. The maximum absolute atomic E-state index is 5.01. The van der Waals surface area contributed by atoms with Gasteiger partial charge < -0.3 is 0 Å². The quantitative estimate of drug-likeness (QED) is 0.541. The van der Waals surface area contributed by atoms with Crippen molar-refractivity contribution < 1.29 is 0 Å². The van der Waals surface area contributed by atoms with Crippen molar-refractivity contribution in [3.63, 3.8) is 0 Å². The lowest BCUT2D eigenvalue weighted by molar-refractivity contribution is 0.244. The summed E-state index contributed by atoms with van der Waals surface area (Å²) in [6.45, 7) is 8.04. The fraction of sp³-hybridized carbons (Fsp3) is 1.00. The van der Waals surface area contributed by atoms with E-state index >= 15 is 0 Å². The maximum atomic E-state index is 5.01. The van der Waals surface area contributed by atoms with Gasteiger partial charge in [0.1, 0.15) is 0 Å². The van der Waals surface area contributed by atoms with Crippen LogP contribution in [0, 0.1) is 11.8 Å². The van der Waals surface area contributed by atoms with Gasteiger partial charge in [0.05, 0.1) is 0 Å². The Morgan fingerprint density at radius 2 is 1.76 bits per heavy atom. The van der Waals surface area contributed by atoms with E-state index in [0.717, 1.165) is 18.4 Å². The summed E-state index contributed by atoms with van der Waals surface area (Å²) in [7, 11) is 0. The zero-order valence-corrected chi connectivity index (χ0v) is 12.3. The van der Waals surface area contributed by atoms with Gasteiger partial charge >= 0.3 is 0 Å². The van der Waals surface area contributed by atoms with Crippen LogP contribution in [0.4, 0.5) is 0 Å². The Morgan fingerprint density at radius 1 is 1.06 bits per heavy atom. The molecule has 0 N–H and O–H groups in total. The zero-order valence-electron chi connectivity index (χ0n) is 12.3. The SMILES string of the molecule is CCCC[N]C(CCC(C)C)C1CCCCC1. The largest absolute Gasteiger partial charge is 0.238 e. The number of rotatable bonds is 8. The number of hydrogen-bond acceptors (Lipinski definition) is 0. The Morgan fingerprint density at radius 3 is 2.35 bits per heavy atom. The van der Waals surface area contributed by atoms with Crippen LogP contribution in [0.2, 0.25) is 0 Å². The van der Waals surface area contributed by atoms with Crippen LogP contribution in [0.1, 0.15) is 78.6 Å². The van der Waals surface area contributed by atoms with Crippen molar-refractivity contribution in [2.45, 2.75) is 84.6 Å². The molecule has 1 atom stereocenters. The Labute approximate surface area is 109 Å². The Balaban J connectivity index is 2.33. The summed E-state index contributed by atoms with van der Waals surface area (Å²) in [5.41, 5.74) is 0. The molecular formula is C16H32N. The molecule has 1 aliphatic rings. The van der Waals surface area contributed by atoms with E-state index in [9.17, 15) is 0 Å². The van der Waals surface area contributed by atoms with Crippen LogP contribution in [0.3, 0.4) is 0 Å². The molecule has 0 aromatic rings. The van der Waals surface area contributed by atoms with Crippen molar-refractivity contribution >= 4 is 0 Å². The number of hydrogen-bond donors (Lipinski definition) is 0.